The average Bonchev–Trinajstić information content (AvgIpc) is 2.35. The van der Waals surface area contributed by atoms with E-state index in [1.165, 1.54) is 5.56 Å². The van der Waals surface area contributed by atoms with E-state index in [0.29, 0.717) is 6.42 Å². The van der Waals surface area contributed by atoms with Crippen molar-refractivity contribution in [1.29, 1.82) is 0 Å². The minimum atomic E-state index is -0.752. The minimum Gasteiger partial charge on any atom is -0.495 e. The molecule has 0 bridgehead atoms. The van der Waals surface area contributed by atoms with E-state index >= 15 is 0 Å². The predicted molar refractivity (Wildman–Crippen MR) is 65.8 cm³/mol. The molecule has 0 atom stereocenters. The zero-order valence-electron chi connectivity index (χ0n) is 9.95. The maximum absolute atomic E-state index is 10.6. The molecule has 4 nitrogen and oxygen atoms in total. The number of benzene rings is 1. The fraction of sp³-hybridized carbons (Fsp3) is 0.462. The standard InChI is InChI=1S/C13H17NO3/c1-17-11-6-4-9(5-7-12(15)16)10-3-2-8-14-13(10)11/h4,6,14H,2-3,5,7-8H2,1H3,(H,15,16). The molecule has 17 heavy (non-hydrogen) atoms. The van der Waals surface area contributed by atoms with Crippen LogP contribution in [0, 0.1) is 0 Å². The van der Waals surface area contributed by atoms with Crippen molar-refractivity contribution in [3.8, 4) is 5.75 Å². The maximum Gasteiger partial charge on any atom is 0.303 e. The Bertz CT molecular complexity index is 429. The molecule has 92 valence electrons. The Morgan fingerprint density at radius 1 is 1.53 bits per heavy atom. The summed E-state index contributed by atoms with van der Waals surface area (Å²) in [6, 6.07) is 3.89. The molecule has 1 heterocycles. The van der Waals surface area contributed by atoms with Gasteiger partial charge in [0.2, 0.25) is 0 Å². The number of hydrogen-bond donors (Lipinski definition) is 2. The van der Waals surface area contributed by atoms with E-state index in [9.17, 15) is 4.79 Å². The van der Waals surface area contributed by atoms with Gasteiger partial charge in [-0.3, -0.25) is 4.79 Å². The van der Waals surface area contributed by atoms with E-state index in [1.54, 1.807) is 7.11 Å². The Labute approximate surface area is 101 Å². The summed E-state index contributed by atoms with van der Waals surface area (Å²) in [5, 5.41) is 12.1. The van der Waals surface area contributed by atoms with Gasteiger partial charge in [-0.25, -0.2) is 0 Å². The first-order chi connectivity index (χ1) is 8.22. The second-order valence-corrected chi connectivity index (χ2v) is 4.20. The highest BCUT2D eigenvalue weighted by molar-refractivity contribution is 5.69. The molecular weight excluding hydrogens is 218 g/mol. The van der Waals surface area contributed by atoms with Crippen LogP contribution in [0.25, 0.3) is 0 Å². The summed E-state index contributed by atoms with van der Waals surface area (Å²) in [6.45, 7) is 0.950. The smallest absolute Gasteiger partial charge is 0.303 e. The van der Waals surface area contributed by atoms with Gasteiger partial charge in [-0.05, 0) is 36.5 Å². The van der Waals surface area contributed by atoms with Gasteiger partial charge in [-0.1, -0.05) is 6.07 Å². The van der Waals surface area contributed by atoms with Gasteiger partial charge in [0.25, 0.3) is 0 Å². The van der Waals surface area contributed by atoms with Crippen molar-refractivity contribution < 1.29 is 14.6 Å². The number of carboxylic acid groups (broad SMARTS) is 1. The average molecular weight is 235 g/mol. The van der Waals surface area contributed by atoms with Crippen LogP contribution in [0.3, 0.4) is 0 Å². The largest absolute Gasteiger partial charge is 0.495 e. The highest BCUT2D eigenvalue weighted by Crippen LogP contribution is 2.34. The Morgan fingerprint density at radius 2 is 2.35 bits per heavy atom. The molecule has 0 aromatic heterocycles. The Hall–Kier alpha value is -1.71. The lowest BCUT2D eigenvalue weighted by Gasteiger charge is -2.23. The summed E-state index contributed by atoms with van der Waals surface area (Å²) < 4.78 is 5.31. The Balaban J connectivity index is 2.30. The zero-order chi connectivity index (χ0) is 12.3. The molecular formula is C13H17NO3. The van der Waals surface area contributed by atoms with E-state index in [-0.39, 0.29) is 6.42 Å². The van der Waals surface area contributed by atoms with Crippen molar-refractivity contribution in [2.24, 2.45) is 0 Å². The Morgan fingerprint density at radius 3 is 3.06 bits per heavy atom. The normalized spacial score (nSPS) is 13.7. The molecule has 0 saturated heterocycles. The summed E-state index contributed by atoms with van der Waals surface area (Å²) in [5.41, 5.74) is 3.38. The van der Waals surface area contributed by atoms with Gasteiger partial charge in [0.15, 0.2) is 0 Å². The summed E-state index contributed by atoms with van der Waals surface area (Å²) in [7, 11) is 1.66. The lowest BCUT2D eigenvalue weighted by molar-refractivity contribution is -0.136. The second kappa shape index (κ2) is 5.08. The van der Waals surface area contributed by atoms with Gasteiger partial charge in [-0.2, -0.15) is 0 Å². The SMILES string of the molecule is COc1ccc(CCC(=O)O)c2c1NCCC2. The summed E-state index contributed by atoms with van der Waals surface area (Å²) in [6.07, 6.45) is 2.84. The van der Waals surface area contributed by atoms with E-state index in [1.807, 2.05) is 12.1 Å². The summed E-state index contributed by atoms with van der Waals surface area (Å²) in [5.74, 6) is 0.0945. The van der Waals surface area contributed by atoms with Crippen LogP contribution >= 0.6 is 0 Å². The summed E-state index contributed by atoms with van der Waals surface area (Å²) in [4.78, 5) is 10.6. The van der Waals surface area contributed by atoms with E-state index in [2.05, 4.69) is 5.32 Å². The molecule has 2 rings (SSSR count). The van der Waals surface area contributed by atoms with Crippen LogP contribution in [0.15, 0.2) is 12.1 Å². The molecule has 1 aliphatic rings. The van der Waals surface area contributed by atoms with Crippen molar-refractivity contribution >= 4 is 11.7 Å². The highest BCUT2D eigenvalue weighted by atomic mass is 16.5. The van der Waals surface area contributed by atoms with Crippen molar-refractivity contribution in [3.05, 3.63) is 23.3 Å². The third-order valence-electron chi connectivity index (χ3n) is 3.11. The number of methoxy groups -OCH3 is 1. The number of hydrogen-bond acceptors (Lipinski definition) is 3. The van der Waals surface area contributed by atoms with E-state index in [4.69, 9.17) is 9.84 Å². The van der Waals surface area contributed by atoms with Crippen LogP contribution in [0.5, 0.6) is 5.75 Å². The first-order valence-electron chi connectivity index (χ1n) is 5.87. The number of ether oxygens (including phenoxy) is 1. The van der Waals surface area contributed by atoms with Gasteiger partial charge < -0.3 is 15.2 Å². The van der Waals surface area contributed by atoms with Crippen LogP contribution in [-0.4, -0.2) is 24.7 Å². The third kappa shape index (κ3) is 2.52. The molecule has 0 saturated carbocycles. The van der Waals surface area contributed by atoms with Gasteiger partial charge >= 0.3 is 5.97 Å². The molecule has 2 N–H and O–H groups in total. The van der Waals surface area contributed by atoms with Gasteiger partial charge in [0, 0.05) is 13.0 Å². The zero-order valence-corrected chi connectivity index (χ0v) is 9.95. The molecule has 1 aromatic rings. The van der Waals surface area contributed by atoms with E-state index in [0.717, 1.165) is 36.4 Å². The lowest BCUT2D eigenvalue weighted by atomic mass is 9.94. The van der Waals surface area contributed by atoms with Crippen molar-refractivity contribution in [3.63, 3.8) is 0 Å². The molecule has 0 unspecified atom stereocenters. The van der Waals surface area contributed by atoms with Crippen LogP contribution in [0.1, 0.15) is 24.0 Å². The first kappa shape index (κ1) is 11.8. The molecule has 1 aliphatic heterocycles. The number of aryl methyl sites for hydroxylation is 1. The lowest BCUT2D eigenvalue weighted by Crippen LogP contribution is -2.15. The molecule has 0 spiro atoms. The highest BCUT2D eigenvalue weighted by Gasteiger charge is 2.17. The number of carbonyl (C=O) groups is 1. The third-order valence-corrected chi connectivity index (χ3v) is 3.11. The quantitative estimate of drug-likeness (QED) is 0.838. The van der Waals surface area contributed by atoms with E-state index < -0.39 is 5.97 Å². The first-order valence-corrected chi connectivity index (χ1v) is 5.87. The van der Waals surface area contributed by atoms with Crippen LogP contribution in [0.4, 0.5) is 5.69 Å². The number of carboxylic acids is 1. The van der Waals surface area contributed by atoms with Crippen LogP contribution in [0.2, 0.25) is 0 Å². The van der Waals surface area contributed by atoms with Crippen molar-refractivity contribution in [2.45, 2.75) is 25.7 Å². The van der Waals surface area contributed by atoms with Crippen LogP contribution in [-0.2, 0) is 17.6 Å². The van der Waals surface area contributed by atoms with Crippen LogP contribution < -0.4 is 10.1 Å². The molecule has 4 heteroatoms. The van der Waals surface area contributed by atoms with Gasteiger partial charge in [-0.15, -0.1) is 0 Å². The Kier molecular flexibility index (Phi) is 3.52. The second-order valence-electron chi connectivity index (χ2n) is 4.20. The molecule has 0 radical (unpaired) electrons. The molecule has 1 aromatic carbocycles. The monoisotopic (exact) mass is 235 g/mol. The number of rotatable bonds is 4. The number of fused-ring (bicyclic) bond motifs is 1. The van der Waals surface area contributed by atoms with Gasteiger partial charge in [0.05, 0.1) is 12.8 Å². The van der Waals surface area contributed by atoms with Crippen molar-refractivity contribution in [2.75, 3.05) is 19.0 Å². The molecule has 0 amide bonds. The number of aliphatic carboxylic acids is 1. The molecule has 0 aliphatic carbocycles. The molecule has 0 fully saturated rings. The predicted octanol–water partition coefficient (Wildman–Crippen LogP) is 2.07. The topological polar surface area (TPSA) is 58.6 Å². The fourth-order valence-corrected chi connectivity index (χ4v) is 2.27. The fourth-order valence-electron chi connectivity index (χ4n) is 2.27. The summed E-state index contributed by atoms with van der Waals surface area (Å²) >= 11 is 0. The van der Waals surface area contributed by atoms with Gasteiger partial charge in [0.1, 0.15) is 5.75 Å². The minimum absolute atomic E-state index is 0.179. The number of nitrogens with one attached hydrogen (secondary N) is 1. The van der Waals surface area contributed by atoms with Crippen molar-refractivity contribution in [1.82, 2.24) is 0 Å². The number of anilines is 1. The maximum atomic E-state index is 10.6.